The van der Waals surface area contributed by atoms with Crippen LogP contribution in [-0.4, -0.2) is 43.1 Å². The average Bonchev–Trinajstić information content (AvgIpc) is 2.83. The highest BCUT2D eigenvalue weighted by molar-refractivity contribution is 6.13. The van der Waals surface area contributed by atoms with Gasteiger partial charge in [-0.3, -0.25) is 19.8 Å². The Morgan fingerprint density at radius 2 is 1.96 bits per heavy atom. The number of imide groups is 1. The molecule has 1 saturated heterocycles. The zero-order valence-electron chi connectivity index (χ0n) is 13.7. The smallest absolute Gasteiger partial charge is 0.329 e. The molecule has 1 fully saturated rings. The quantitative estimate of drug-likeness (QED) is 0.468. The van der Waals surface area contributed by atoms with E-state index in [9.17, 15) is 14.4 Å². The summed E-state index contributed by atoms with van der Waals surface area (Å²) in [6, 6.07) is 6.64. The van der Waals surface area contributed by atoms with Crippen molar-refractivity contribution in [1.29, 1.82) is 0 Å². The van der Waals surface area contributed by atoms with Crippen molar-refractivity contribution in [2.24, 2.45) is 0 Å². The van der Waals surface area contributed by atoms with E-state index in [4.69, 9.17) is 9.47 Å². The second kappa shape index (κ2) is 8.14. The molecule has 0 bridgehead atoms. The van der Waals surface area contributed by atoms with E-state index in [1.165, 1.54) is 4.90 Å². The van der Waals surface area contributed by atoms with Crippen molar-refractivity contribution in [3.8, 4) is 5.75 Å². The Balaban J connectivity index is 2.07. The van der Waals surface area contributed by atoms with Gasteiger partial charge in [-0.2, -0.15) is 0 Å². The summed E-state index contributed by atoms with van der Waals surface area (Å²) in [5, 5.41) is 2.26. The van der Waals surface area contributed by atoms with Gasteiger partial charge in [0.15, 0.2) is 0 Å². The third-order valence-corrected chi connectivity index (χ3v) is 3.48. The molecule has 1 aromatic carbocycles. The lowest BCUT2D eigenvalue weighted by Crippen LogP contribution is -2.29. The predicted molar refractivity (Wildman–Crippen MR) is 87.1 cm³/mol. The lowest BCUT2D eigenvalue weighted by Gasteiger charge is -2.15. The highest BCUT2D eigenvalue weighted by atomic mass is 16.5. The van der Waals surface area contributed by atoms with Crippen molar-refractivity contribution in [3.05, 3.63) is 35.5 Å². The molecule has 1 aliphatic heterocycles. The minimum atomic E-state index is -0.483. The van der Waals surface area contributed by atoms with Crippen molar-refractivity contribution in [2.45, 2.75) is 19.8 Å². The van der Waals surface area contributed by atoms with Crippen molar-refractivity contribution < 1.29 is 23.9 Å². The van der Waals surface area contributed by atoms with Crippen molar-refractivity contribution in [1.82, 2.24) is 10.2 Å². The number of ether oxygens (including phenoxy) is 2. The van der Waals surface area contributed by atoms with Crippen LogP contribution in [0.5, 0.6) is 5.75 Å². The van der Waals surface area contributed by atoms with Gasteiger partial charge in [0.25, 0.3) is 5.91 Å². The molecule has 0 aliphatic carbocycles. The standard InChI is InChI=1S/C17H20N2O5/c1-3-24-15(20)5-4-10-19-14(16(21)18-17(19)22)11-12-6-8-13(23-2)9-7-12/h6-9,11H,3-5,10H2,1-2H3,(H,18,21,22)/b14-11+. The number of methoxy groups -OCH3 is 1. The van der Waals surface area contributed by atoms with Crippen LogP contribution in [0.1, 0.15) is 25.3 Å². The Kier molecular flexibility index (Phi) is 5.95. The van der Waals surface area contributed by atoms with Gasteiger partial charge in [-0.15, -0.1) is 0 Å². The van der Waals surface area contributed by atoms with Crippen LogP contribution >= 0.6 is 0 Å². The van der Waals surface area contributed by atoms with Crippen LogP contribution in [0, 0.1) is 0 Å². The van der Waals surface area contributed by atoms with Gasteiger partial charge in [-0.25, -0.2) is 4.79 Å². The number of hydrogen-bond acceptors (Lipinski definition) is 5. The Morgan fingerprint density at radius 1 is 1.25 bits per heavy atom. The molecule has 0 spiro atoms. The first kappa shape index (κ1) is 17.5. The number of hydrogen-bond donors (Lipinski definition) is 1. The molecule has 1 aliphatic rings. The fourth-order valence-electron chi connectivity index (χ4n) is 2.30. The first-order valence-corrected chi connectivity index (χ1v) is 7.69. The molecular formula is C17H20N2O5. The minimum absolute atomic E-state index is 0.196. The van der Waals surface area contributed by atoms with Crippen LogP contribution in [0.15, 0.2) is 30.0 Å². The van der Waals surface area contributed by atoms with Crippen LogP contribution in [0.3, 0.4) is 0 Å². The third kappa shape index (κ3) is 4.34. The Morgan fingerprint density at radius 3 is 2.58 bits per heavy atom. The van der Waals surface area contributed by atoms with Gasteiger partial charge in [0, 0.05) is 13.0 Å². The first-order valence-electron chi connectivity index (χ1n) is 7.69. The van der Waals surface area contributed by atoms with E-state index in [-0.39, 0.29) is 24.6 Å². The predicted octanol–water partition coefficient (Wildman–Crippen LogP) is 1.93. The van der Waals surface area contributed by atoms with E-state index in [0.717, 1.165) is 5.56 Å². The maximum absolute atomic E-state index is 12.0. The van der Waals surface area contributed by atoms with Crippen LogP contribution in [0.25, 0.3) is 6.08 Å². The summed E-state index contributed by atoms with van der Waals surface area (Å²) >= 11 is 0. The van der Waals surface area contributed by atoms with E-state index in [1.807, 2.05) is 0 Å². The topological polar surface area (TPSA) is 84.9 Å². The normalized spacial score (nSPS) is 15.6. The number of esters is 1. The number of benzene rings is 1. The van der Waals surface area contributed by atoms with Gasteiger partial charge in [0.1, 0.15) is 11.4 Å². The van der Waals surface area contributed by atoms with Crippen LogP contribution in [0.4, 0.5) is 4.79 Å². The number of amides is 3. The number of nitrogens with zero attached hydrogens (tertiary/aromatic N) is 1. The lowest BCUT2D eigenvalue weighted by atomic mass is 10.1. The molecule has 0 unspecified atom stereocenters. The van der Waals surface area contributed by atoms with Crippen LogP contribution in [-0.2, 0) is 14.3 Å². The van der Waals surface area contributed by atoms with E-state index in [2.05, 4.69) is 5.32 Å². The minimum Gasteiger partial charge on any atom is -0.497 e. The summed E-state index contributed by atoms with van der Waals surface area (Å²) in [4.78, 5) is 36.6. The van der Waals surface area contributed by atoms with E-state index in [1.54, 1.807) is 44.4 Å². The first-order chi connectivity index (χ1) is 11.5. The Labute approximate surface area is 140 Å². The molecule has 7 nitrogen and oxygen atoms in total. The second-order valence-corrected chi connectivity index (χ2v) is 5.12. The van der Waals surface area contributed by atoms with E-state index in [0.29, 0.717) is 18.8 Å². The van der Waals surface area contributed by atoms with Gasteiger partial charge in [-0.05, 0) is 37.1 Å². The molecule has 128 valence electrons. The van der Waals surface area contributed by atoms with Crippen molar-refractivity contribution >= 4 is 24.0 Å². The molecule has 1 N–H and O–H groups in total. The number of carbonyl (C=O) groups is 3. The fraction of sp³-hybridized carbons (Fsp3) is 0.353. The molecule has 2 rings (SSSR count). The zero-order valence-corrected chi connectivity index (χ0v) is 13.7. The summed E-state index contributed by atoms with van der Waals surface area (Å²) < 4.78 is 9.93. The molecule has 0 atom stereocenters. The Bertz CT molecular complexity index is 651. The monoisotopic (exact) mass is 332 g/mol. The molecule has 0 aromatic heterocycles. The molecule has 0 saturated carbocycles. The summed E-state index contributed by atoms with van der Waals surface area (Å²) in [7, 11) is 1.57. The Hall–Kier alpha value is -2.83. The number of rotatable bonds is 7. The van der Waals surface area contributed by atoms with Crippen molar-refractivity contribution in [2.75, 3.05) is 20.3 Å². The summed E-state index contributed by atoms with van der Waals surface area (Å²) in [5.41, 5.74) is 1.03. The molecule has 24 heavy (non-hydrogen) atoms. The van der Waals surface area contributed by atoms with Gasteiger partial charge in [0.2, 0.25) is 0 Å². The van der Waals surface area contributed by atoms with Gasteiger partial charge in [0.05, 0.1) is 13.7 Å². The number of nitrogens with one attached hydrogen (secondary N) is 1. The SMILES string of the molecule is CCOC(=O)CCCN1C(=O)NC(=O)/C1=C\c1ccc(OC)cc1. The number of urea groups is 1. The van der Waals surface area contributed by atoms with Crippen LogP contribution in [0.2, 0.25) is 0 Å². The largest absolute Gasteiger partial charge is 0.497 e. The van der Waals surface area contributed by atoms with Crippen molar-refractivity contribution in [3.63, 3.8) is 0 Å². The lowest BCUT2D eigenvalue weighted by molar-refractivity contribution is -0.143. The summed E-state index contributed by atoms with van der Waals surface area (Å²) in [6.07, 6.45) is 2.24. The van der Waals surface area contributed by atoms with E-state index >= 15 is 0 Å². The molecule has 1 heterocycles. The summed E-state index contributed by atoms with van der Waals surface area (Å²) in [6.45, 7) is 2.32. The van der Waals surface area contributed by atoms with Crippen LogP contribution < -0.4 is 10.1 Å². The second-order valence-electron chi connectivity index (χ2n) is 5.12. The van der Waals surface area contributed by atoms with Gasteiger partial charge < -0.3 is 9.47 Å². The average molecular weight is 332 g/mol. The zero-order chi connectivity index (χ0) is 17.5. The van der Waals surface area contributed by atoms with E-state index < -0.39 is 11.9 Å². The molecule has 7 heteroatoms. The van der Waals surface area contributed by atoms with Gasteiger partial charge >= 0.3 is 12.0 Å². The highest BCUT2D eigenvalue weighted by Crippen LogP contribution is 2.19. The highest BCUT2D eigenvalue weighted by Gasteiger charge is 2.32. The molecular weight excluding hydrogens is 312 g/mol. The maximum atomic E-state index is 12.0. The molecule has 1 aromatic rings. The fourth-order valence-corrected chi connectivity index (χ4v) is 2.30. The molecule has 3 amide bonds. The summed E-state index contributed by atoms with van der Waals surface area (Å²) in [5.74, 6) is -0.0635. The third-order valence-electron chi connectivity index (χ3n) is 3.48. The number of carbonyl (C=O) groups excluding carboxylic acids is 3. The maximum Gasteiger partial charge on any atom is 0.329 e. The van der Waals surface area contributed by atoms with Gasteiger partial charge in [-0.1, -0.05) is 12.1 Å². The molecule has 0 radical (unpaired) electrons.